The zero-order valence-electron chi connectivity index (χ0n) is 18.1. The average molecular weight is 432 g/mol. The molecule has 2 aromatic carbocycles. The zero-order chi connectivity index (χ0) is 22.1. The molecule has 5 nitrogen and oxygen atoms in total. The first-order chi connectivity index (χ1) is 15.6. The number of carbonyl (C=O) groups is 1. The molecule has 3 fully saturated rings. The van der Waals surface area contributed by atoms with Crippen LogP contribution >= 0.6 is 0 Å². The van der Waals surface area contributed by atoms with Crippen molar-refractivity contribution in [1.29, 1.82) is 0 Å². The SMILES string of the molecule is Cc1ccc(-c2ncccn2)c(C(=O)N2C(CCOc3ccc(F)cc3)CC3CC2C3)c1. The number of fused-ring (bicyclic) bond motifs is 2. The Bertz CT molecular complexity index is 1100. The topological polar surface area (TPSA) is 55.3 Å². The van der Waals surface area contributed by atoms with Crippen molar-refractivity contribution in [2.75, 3.05) is 6.61 Å². The van der Waals surface area contributed by atoms with Gasteiger partial charge in [-0.25, -0.2) is 14.4 Å². The van der Waals surface area contributed by atoms with Crippen molar-refractivity contribution in [3.05, 3.63) is 77.9 Å². The van der Waals surface area contributed by atoms with E-state index in [1.807, 2.05) is 25.1 Å². The minimum absolute atomic E-state index is 0.0473. The Labute approximate surface area is 187 Å². The zero-order valence-corrected chi connectivity index (χ0v) is 18.1. The highest BCUT2D eigenvalue weighted by atomic mass is 19.1. The number of aromatic nitrogens is 2. The summed E-state index contributed by atoms with van der Waals surface area (Å²) in [5, 5.41) is 0. The molecule has 3 heterocycles. The Morgan fingerprint density at radius 1 is 1.09 bits per heavy atom. The fraction of sp³-hybridized carbons (Fsp3) is 0.346. The summed E-state index contributed by atoms with van der Waals surface area (Å²) < 4.78 is 19.0. The lowest BCUT2D eigenvalue weighted by atomic mass is 9.69. The molecule has 0 N–H and O–H groups in total. The van der Waals surface area contributed by atoms with Gasteiger partial charge in [0.2, 0.25) is 0 Å². The minimum atomic E-state index is -0.280. The van der Waals surface area contributed by atoms with Crippen LogP contribution in [0.1, 0.15) is 41.6 Å². The normalized spacial score (nSPS) is 21.7. The molecule has 1 aliphatic carbocycles. The summed E-state index contributed by atoms with van der Waals surface area (Å²) in [5.74, 6) is 1.67. The van der Waals surface area contributed by atoms with Crippen molar-refractivity contribution in [3.8, 4) is 17.1 Å². The van der Waals surface area contributed by atoms with E-state index in [2.05, 4.69) is 14.9 Å². The molecular formula is C26H26FN3O2. The van der Waals surface area contributed by atoms with E-state index in [-0.39, 0.29) is 23.8 Å². The molecule has 164 valence electrons. The molecule has 2 aliphatic heterocycles. The molecule has 1 unspecified atom stereocenters. The summed E-state index contributed by atoms with van der Waals surface area (Å²) in [4.78, 5) is 24.7. The fourth-order valence-corrected chi connectivity index (χ4v) is 4.96. The van der Waals surface area contributed by atoms with Crippen molar-refractivity contribution in [1.82, 2.24) is 14.9 Å². The molecule has 3 aromatic rings. The van der Waals surface area contributed by atoms with Gasteiger partial charge in [0, 0.05) is 36.5 Å². The number of halogens is 1. The van der Waals surface area contributed by atoms with Crippen LogP contribution in [0.2, 0.25) is 0 Å². The first-order valence-corrected chi connectivity index (χ1v) is 11.2. The fourth-order valence-electron chi connectivity index (χ4n) is 4.96. The van der Waals surface area contributed by atoms with Crippen LogP contribution in [0.3, 0.4) is 0 Å². The van der Waals surface area contributed by atoms with Gasteiger partial charge < -0.3 is 9.64 Å². The van der Waals surface area contributed by atoms with Gasteiger partial charge in [0.05, 0.1) is 12.2 Å². The number of carbonyl (C=O) groups excluding carboxylic acids is 1. The van der Waals surface area contributed by atoms with Crippen LogP contribution < -0.4 is 4.74 Å². The molecule has 1 saturated carbocycles. The van der Waals surface area contributed by atoms with Gasteiger partial charge in [-0.05, 0) is 68.5 Å². The Morgan fingerprint density at radius 3 is 2.59 bits per heavy atom. The molecule has 0 spiro atoms. The Kier molecular flexibility index (Phi) is 5.60. The first-order valence-electron chi connectivity index (χ1n) is 11.2. The quantitative estimate of drug-likeness (QED) is 0.548. The summed E-state index contributed by atoms with van der Waals surface area (Å²) in [6, 6.07) is 14.1. The van der Waals surface area contributed by atoms with Gasteiger partial charge in [0.25, 0.3) is 5.91 Å². The van der Waals surface area contributed by atoms with Crippen LogP contribution in [0.5, 0.6) is 5.75 Å². The molecule has 6 rings (SSSR count). The molecule has 0 radical (unpaired) electrons. The van der Waals surface area contributed by atoms with Crippen molar-refractivity contribution in [2.24, 2.45) is 5.92 Å². The summed E-state index contributed by atoms with van der Waals surface area (Å²) >= 11 is 0. The average Bonchev–Trinajstić information content (AvgIpc) is 2.80. The summed E-state index contributed by atoms with van der Waals surface area (Å²) in [5.41, 5.74) is 2.46. The van der Waals surface area contributed by atoms with Crippen molar-refractivity contribution in [2.45, 2.75) is 44.7 Å². The number of rotatable bonds is 6. The molecule has 32 heavy (non-hydrogen) atoms. The summed E-state index contributed by atoms with van der Waals surface area (Å²) in [6.07, 6.45) is 7.29. The lowest BCUT2D eigenvalue weighted by Gasteiger charge is -2.54. The highest BCUT2D eigenvalue weighted by molar-refractivity contribution is 6.00. The molecular weight excluding hydrogens is 405 g/mol. The second kappa shape index (κ2) is 8.69. The standard InChI is InChI=1S/C26H26FN3O2/c1-17-3-8-23(25-28-10-2-11-29-25)24(13-17)26(31)30-20(14-18-15-21(30)16-18)9-12-32-22-6-4-19(27)5-7-22/h2-8,10-11,13,18,20-21H,9,12,14-16H2,1H3. The van der Waals surface area contributed by atoms with E-state index in [1.54, 1.807) is 30.6 Å². The summed E-state index contributed by atoms with van der Waals surface area (Å²) in [7, 11) is 0. The van der Waals surface area contributed by atoms with Crippen LogP contribution in [0.4, 0.5) is 4.39 Å². The molecule has 1 amide bonds. The maximum atomic E-state index is 13.9. The number of hydrogen-bond acceptors (Lipinski definition) is 4. The van der Waals surface area contributed by atoms with E-state index in [0.717, 1.165) is 36.8 Å². The monoisotopic (exact) mass is 431 g/mol. The first kappa shape index (κ1) is 20.6. The number of hydrogen-bond donors (Lipinski definition) is 0. The van der Waals surface area contributed by atoms with E-state index >= 15 is 0 Å². The molecule has 1 atom stereocenters. The molecule has 1 aromatic heterocycles. The van der Waals surface area contributed by atoms with Gasteiger partial charge in [-0.1, -0.05) is 17.7 Å². The highest BCUT2D eigenvalue weighted by Crippen LogP contribution is 2.44. The number of aryl methyl sites for hydroxylation is 1. The predicted octanol–water partition coefficient (Wildman–Crippen LogP) is 5.05. The lowest BCUT2D eigenvalue weighted by molar-refractivity contribution is -0.0232. The smallest absolute Gasteiger partial charge is 0.255 e. The van der Waals surface area contributed by atoms with Crippen molar-refractivity contribution < 1.29 is 13.9 Å². The van der Waals surface area contributed by atoms with Crippen LogP contribution in [0, 0.1) is 18.7 Å². The number of piperidine rings is 2. The maximum absolute atomic E-state index is 13.9. The van der Waals surface area contributed by atoms with Gasteiger partial charge in [-0.15, -0.1) is 0 Å². The van der Waals surface area contributed by atoms with Crippen LogP contribution in [-0.4, -0.2) is 39.5 Å². The molecule has 2 saturated heterocycles. The minimum Gasteiger partial charge on any atom is -0.494 e. The van der Waals surface area contributed by atoms with E-state index < -0.39 is 0 Å². The van der Waals surface area contributed by atoms with Gasteiger partial charge in [0.15, 0.2) is 5.82 Å². The second-order valence-corrected chi connectivity index (χ2v) is 8.81. The van der Waals surface area contributed by atoms with E-state index in [9.17, 15) is 9.18 Å². The van der Waals surface area contributed by atoms with Crippen LogP contribution in [-0.2, 0) is 0 Å². The van der Waals surface area contributed by atoms with Crippen LogP contribution in [0.15, 0.2) is 60.9 Å². The third-order valence-corrected chi connectivity index (χ3v) is 6.58. The van der Waals surface area contributed by atoms with E-state index in [1.165, 1.54) is 12.1 Å². The lowest BCUT2D eigenvalue weighted by Crippen LogP contribution is -2.59. The Hall–Kier alpha value is -3.28. The number of benzene rings is 2. The van der Waals surface area contributed by atoms with Crippen molar-refractivity contribution in [3.63, 3.8) is 0 Å². The Morgan fingerprint density at radius 2 is 1.84 bits per heavy atom. The molecule has 2 bridgehead atoms. The maximum Gasteiger partial charge on any atom is 0.255 e. The van der Waals surface area contributed by atoms with Gasteiger partial charge >= 0.3 is 0 Å². The predicted molar refractivity (Wildman–Crippen MR) is 120 cm³/mol. The van der Waals surface area contributed by atoms with E-state index in [4.69, 9.17) is 4.74 Å². The van der Waals surface area contributed by atoms with Crippen LogP contribution in [0.25, 0.3) is 11.4 Å². The number of ether oxygens (including phenoxy) is 1. The van der Waals surface area contributed by atoms with Crippen molar-refractivity contribution >= 4 is 5.91 Å². The largest absolute Gasteiger partial charge is 0.494 e. The van der Waals surface area contributed by atoms with E-state index in [0.29, 0.717) is 29.7 Å². The van der Waals surface area contributed by atoms with Gasteiger partial charge in [0.1, 0.15) is 11.6 Å². The number of amides is 1. The molecule has 3 aliphatic rings. The third-order valence-electron chi connectivity index (χ3n) is 6.58. The number of nitrogens with zero attached hydrogens (tertiary/aromatic N) is 3. The highest BCUT2D eigenvalue weighted by Gasteiger charge is 2.46. The third kappa shape index (κ3) is 4.09. The van der Waals surface area contributed by atoms with Gasteiger partial charge in [-0.2, -0.15) is 0 Å². The van der Waals surface area contributed by atoms with Gasteiger partial charge in [-0.3, -0.25) is 4.79 Å². The summed E-state index contributed by atoms with van der Waals surface area (Å²) in [6.45, 7) is 2.48. The molecule has 6 heteroatoms. The second-order valence-electron chi connectivity index (χ2n) is 8.81. The Balaban J connectivity index is 1.37.